The van der Waals surface area contributed by atoms with Crippen LogP contribution in [0.5, 0.6) is 0 Å². The topological polar surface area (TPSA) is 27.0 Å². The Kier molecular flexibility index (Phi) is 2.78. The van der Waals surface area contributed by atoms with Crippen LogP contribution >= 0.6 is 0 Å². The highest BCUT2D eigenvalue weighted by Crippen LogP contribution is 2.22. The monoisotopic (exact) mass is 210 g/mol. The molecule has 2 aromatic carbocycles. The van der Waals surface area contributed by atoms with Gasteiger partial charge < -0.3 is 4.90 Å². The normalized spacial score (nSPS) is 12.1. The molecule has 0 aliphatic carbocycles. The van der Waals surface area contributed by atoms with Gasteiger partial charge in [0, 0.05) is 12.7 Å². The summed E-state index contributed by atoms with van der Waals surface area (Å²) in [6.45, 7) is 1.90. The highest BCUT2D eigenvalue weighted by atomic mass is 15.1. The van der Waals surface area contributed by atoms with E-state index in [9.17, 15) is 0 Å². The average molecular weight is 210 g/mol. The van der Waals surface area contributed by atoms with Crippen molar-refractivity contribution in [2.75, 3.05) is 11.9 Å². The first-order valence-corrected chi connectivity index (χ1v) is 5.33. The molecule has 0 N–H and O–H groups in total. The SMILES string of the molecule is CC(C#N)N(C)c1ccc2ccccc2c1. The van der Waals surface area contributed by atoms with Crippen molar-refractivity contribution in [1.82, 2.24) is 0 Å². The predicted molar refractivity (Wildman–Crippen MR) is 67.4 cm³/mol. The van der Waals surface area contributed by atoms with Crippen molar-refractivity contribution in [3.8, 4) is 6.07 Å². The lowest BCUT2D eigenvalue weighted by Crippen LogP contribution is -2.26. The lowest BCUT2D eigenvalue weighted by atomic mass is 10.1. The third-order valence-electron chi connectivity index (χ3n) is 2.91. The molecule has 2 heteroatoms. The van der Waals surface area contributed by atoms with Gasteiger partial charge in [-0.2, -0.15) is 5.26 Å². The number of anilines is 1. The summed E-state index contributed by atoms with van der Waals surface area (Å²) >= 11 is 0. The van der Waals surface area contributed by atoms with Gasteiger partial charge in [0.15, 0.2) is 0 Å². The number of rotatable bonds is 2. The molecule has 0 radical (unpaired) electrons. The molecule has 0 saturated carbocycles. The van der Waals surface area contributed by atoms with E-state index in [4.69, 9.17) is 5.26 Å². The van der Waals surface area contributed by atoms with Gasteiger partial charge in [-0.05, 0) is 29.8 Å². The summed E-state index contributed by atoms with van der Waals surface area (Å²) in [7, 11) is 1.94. The minimum absolute atomic E-state index is 0.110. The van der Waals surface area contributed by atoms with E-state index in [1.165, 1.54) is 10.8 Å². The highest BCUT2D eigenvalue weighted by molar-refractivity contribution is 5.85. The quantitative estimate of drug-likeness (QED) is 0.761. The zero-order valence-corrected chi connectivity index (χ0v) is 9.51. The molecular weight excluding hydrogens is 196 g/mol. The molecule has 0 fully saturated rings. The summed E-state index contributed by atoms with van der Waals surface area (Å²) in [5, 5.41) is 11.3. The minimum atomic E-state index is -0.110. The maximum Gasteiger partial charge on any atom is 0.113 e. The van der Waals surface area contributed by atoms with E-state index in [-0.39, 0.29) is 6.04 Å². The number of fused-ring (bicyclic) bond motifs is 1. The first-order valence-electron chi connectivity index (χ1n) is 5.33. The molecule has 1 atom stereocenters. The van der Waals surface area contributed by atoms with Crippen LogP contribution in [0.3, 0.4) is 0 Å². The number of benzene rings is 2. The van der Waals surface area contributed by atoms with Crippen molar-refractivity contribution in [3.05, 3.63) is 42.5 Å². The van der Waals surface area contributed by atoms with Gasteiger partial charge in [0.1, 0.15) is 6.04 Å². The Morgan fingerprint density at radius 3 is 2.50 bits per heavy atom. The molecule has 0 bridgehead atoms. The highest BCUT2D eigenvalue weighted by Gasteiger charge is 2.08. The van der Waals surface area contributed by atoms with Crippen molar-refractivity contribution >= 4 is 16.5 Å². The molecule has 0 aliphatic rings. The van der Waals surface area contributed by atoms with Gasteiger partial charge in [0.2, 0.25) is 0 Å². The van der Waals surface area contributed by atoms with E-state index >= 15 is 0 Å². The molecule has 80 valence electrons. The molecular formula is C14H14N2. The summed E-state index contributed by atoms with van der Waals surface area (Å²) in [5.74, 6) is 0. The van der Waals surface area contributed by atoms with Crippen molar-refractivity contribution in [2.24, 2.45) is 0 Å². The molecule has 0 saturated heterocycles. The van der Waals surface area contributed by atoms with Gasteiger partial charge in [-0.25, -0.2) is 0 Å². The van der Waals surface area contributed by atoms with Crippen LogP contribution in [0.1, 0.15) is 6.92 Å². The second kappa shape index (κ2) is 4.24. The number of nitriles is 1. The van der Waals surface area contributed by atoms with Gasteiger partial charge in [-0.1, -0.05) is 30.3 Å². The molecule has 16 heavy (non-hydrogen) atoms. The minimum Gasteiger partial charge on any atom is -0.359 e. The Morgan fingerprint density at radius 1 is 1.12 bits per heavy atom. The first kappa shape index (κ1) is 10.5. The molecule has 0 aliphatic heterocycles. The van der Waals surface area contributed by atoms with Gasteiger partial charge in [-0.3, -0.25) is 0 Å². The van der Waals surface area contributed by atoms with Crippen molar-refractivity contribution in [2.45, 2.75) is 13.0 Å². The molecule has 0 heterocycles. The fourth-order valence-corrected chi connectivity index (χ4v) is 1.71. The van der Waals surface area contributed by atoms with E-state index in [1.807, 2.05) is 31.0 Å². The molecule has 0 amide bonds. The number of hydrogen-bond acceptors (Lipinski definition) is 2. The fraction of sp³-hybridized carbons (Fsp3) is 0.214. The summed E-state index contributed by atoms with van der Waals surface area (Å²) in [6, 6.07) is 16.6. The Bertz CT molecular complexity index is 540. The Hall–Kier alpha value is -2.01. The maximum absolute atomic E-state index is 8.89. The van der Waals surface area contributed by atoms with E-state index < -0.39 is 0 Å². The largest absolute Gasteiger partial charge is 0.359 e. The van der Waals surface area contributed by atoms with Crippen LogP contribution in [-0.2, 0) is 0 Å². The third kappa shape index (κ3) is 1.85. The zero-order chi connectivity index (χ0) is 11.5. The Labute approximate surface area is 95.7 Å². The van der Waals surface area contributed by atoms with Crippen LogP contribution in [0.4, 0.5) is 5.69 Å². The van der Waals surface area contributed by atoms with Gasteiger partial charge in [0.05, 0.1) is 6.07 Å². The van der Waals surface area contributed by atoms with Crippen LogP contribution in [-0.4, -0.2) is 13.1 Å². The lowest BCUT2D eigenvalue weighted by molar-refractivity contribution is 0.836. The number of hydrogen-bond donors (Lipinski definition) is 0. The smallest absolute Gasteiger partial charge is 0.113 e. The Morgan fingerprint density at radius 2 is 1.81 bits per heavy atom. The molecule has 2 nitrogen and oxygen atoms in total. The first-order chi connectivity index (χ1) is 7.72. The molecule has 1 unspecified atom stereocenters. The van der Waals surface area contributed by atoms with E-state index in [1.54, 1.807) is 0 Å². The lowest BCUT2D eigenvalue weighted by Gasteiger charge is -2.21. The van der Waals surface area contributed by atoms with Gasteiger partial charge >= 0.3 is 0 Å². The van der Waals surface area contributed by atoms with Crippen LogP contribution in [0.15, 0.2) is 42.5 Å². The summed E-state index contributed by atoms with van der Waals surface area (Å²) in [4.78, 5) is 1.98. The molecule has 0 spiro atoms. The predicted octanol–water partition coefficient (Wildman–Crippen LogP) is 3.19. The van der Waals surface area contributed by atoms with Gasteiger partial charge in [0.25, 0.3) is 0 Å². The van der Waals surface area contributed by atoms with E-state index in [0.717, 1.165) is 5.69 Å². The van der Waals surface area contributed by atoms with Crippen molar-refractivity contribution in [1.29, 1.82) is 5.26 Å². The molecule has 2 rings (SSSR count). The maximum atomic E-state index is 8.89. The van der Waals surface area contributed by atoms with Gasteiger partial charge in [-0.15, -0.1) is 0 Å². The number of nitrogens with zero attached hydrogens (tertiary/aromatic N) is 2. The summed E-state index contributed by atoms with van der Waals surface area (Å²) in [5.41, 5.74) is 1.08. The average Bonchev–Trinajstić information content (AvgIpc) is 2.36. The molecule has 2 aromatic rings. The second-order valence-electron chi connectivity index (χ2n) is 3.95. The van der Waals surface area contributed by atoms with Crippen molar-refractivity contribution < 1.29 is 0 Å². The van der Waals surface area contributed by atoms with E-state index in [2.05, 4.69) is 36.4 Å². The standard InChI is InChI=1S/C14H14N2/c1-11(10-15)16(2)14-8-7-12-5-3-4-6-13(12)9-14/h3-9,11H,1-2H3. The zero-order valence-electron chi connectivity index (χ0n) is 9.51. The van der Waals surface area contributed by atoms with E-state index in [0.29, 0.717) is 0 Å². The van der Waals surface area contributed by atoms with Crippen LogP contribution in [0, 0.1) is 11.3 Å². The second-order valence-corrected chi connectivity index (χ2v) is 3.95. The summed E-state index contributed by atoms with van der Waals surface area (Å²) < 4.78 is 0. The molecule has 0 aromatic heterocycles. The van der Waals surface area contributed by atoms with Crippen LogP contribution < -0.4 is 4.90 Å². The third-order valence-corrected chi connectivity index (χ3v) is 2.91. The fourth-order valence-electron chi connectivity index (χ4n) is 1.71. The van der Waals surface area contributed by atoms with Crippen molar-refractivity contribution in [3.63, 3.8) is 0 Å². The van der Waals surface area contributed by atoms with Crippen LogP contribution in [0.2, 0.25) is 0 Å². The summed E-state index contributed by atoms with van der Waals surface area (Å²) in [6.07, 6.45) is 0. The Balaban J connectivity index is 2.44. The van der Waals surface area contributed by atoms with Crippen LogP contribution in [0.25, 0.3) is 10.8 Å².